The highest BCUT2D eigenvalue weighted by molar-refractivity contribution is 5.74. The number of carbonyl (C=O) groups excluding carboxylic acids is 2. The van der Waals surface area contributed by atoms with Crippen molar-refractivity contribution in [1.29, 1.82) is 0 Å². The van der Waals surface area contributed by atoms with E-state index in [-0.39, 0.29) is 5.91 Å². The topological polar surface area (TPSA) is 67.4 Å². The van der Waals surface area contributed by atoms with Crippen LogP contribution in [-0.2, 0) is 9.53 Å². The zero-order valence-electron chi connectivity index (χ0n) is 8.88. The fourth-order valence-electron chi connectivity index (χ4n) is 0.576. The summed E-state index contributed by atoms with van der Waals surface area (Å²) in [5, 5.41) is 4.71. The number of ether oxygens (including phenoxy) is 1. The van der Waals surface area contributed by atoms with E-state index in [0.717, 1.165) is 0 Å². The molecule has 2 N–H and O–H groups in total. The first-order chi connectivity index (χ1) is 6.31. The minimum Gasteiger partial charge on any atom is -0.444 e. The molecular weight excluding hydrogens is 184 g/mol. The first-order valence-corrected chi connectivity index (χ1v) is 4.23. The van der Waals surface area contributed by atoms with Gasteiger partial charge in [0.2, 0.25) is 5.91 Å². The summed E-state index contributed by atoms with van der Waals surface area (Å²) in [7, 11) is 0. The van der Waals surface area contributed by atoms with Crippen LogP contribution in [0.25, 0.3) is 0 Å². The maximum absolute atomic E-state index is 11.0. The van der Waals surface area contributed by atoms with Crippen LogP contribution < -0.4 is 10.6 Å². The van der Waals surface area contributed by atoms with Crippen molar-refractivity contribution in [3.63, 3.8) is 0 Å². The molecule has 0 aliphatic heterocycles. The van der Waals surface area contributed by atoms with Gasteiger partial charge in [0.05, 0.1) is 0 Å². The summed E-state index contributed by atoms with van der Waals surface area (Å²) in [5.74, 6) is -0.202. The third-order valence-corrected chi connectivity index (χ3v) is 0.970. The summed E-state index contributed by atoms with van der Waals surface area (Å²) in [4.78, 5) is 21.4. The molecule has 0 spiro atoms. The number of alkyl carbamates (subject to hydrolysis) is 1. The van der Waals surface area contributed by atoms with Crippen molar-refractivity contribution in [2.45, 2.75) is 33.3 Å². The van der Waals surface area contributed by atoms with E-state index in [9.17, 15) is 9.59 Å². The van der Waals surface area contributed by atoms with Gasteiger partial charge in [-0.2, -0.15) is 0 Å². The second kappa shape index (κ2) is 5.26. The van der Waals surface area contributed by atoms with Crippen LogP contribution in [0.2, 0.25) is 0 Å². The minimum absolute atomic E-state index is 0.202. The number of rotatable bonds is 2. The molecule has 0 aliphatic rings. The maximum Gasteiger partial charge on any atom is 0.411 e. The van der Waals surface area contributed by atoms with Crippen LogP contribution in [0.1, 0.15) is 27.7 Å². The van der Waals surface area contributed by atoms with Gasteiger partial charge in [0.25, 0.3) is 0 Å². The number of nitrogens with one attached hydrogen (secondary N) is 2. The molecule has 0 aromatic heterocycles. The van der Waals surface area contributed by atoms with Gasteiger partial charge >= 0.3 is 6.09 Å². The Hall–Kier alpha value is -1.52. The van der Waals surface area contributed by atoms with Crippen molar-refractivity contribution >= 4 is 12.0 Å². The van der Waals surface area contributed by atoms with Crippen molar-refractivity contribution in [3.8, 4) is 0 Å². The van der Waals surface area contributed by atoms with Crippen molar-refractivity contribution in [3.05, 3.63) is 12.4 Å². The molecule has 0 rings (SSSR count). The van der Waals surface area contributed by atoms with Crippen molar-refractivity contribution < 1.29 is 14.3 Å². The number of hydrogen-bond acceptors (Lipinski definition) is 3. The van der Waals surface area contributed by atoms with E-state index in [0.29, 0.717) is 0 Å². The Morgan fingerprint density at radius 2 is 1.64 bits per heavy atom. The summed E-state index contributed by atoms with van der Waals surface area (Å²) in [5.41, 5.74) is -0.522. The molecule has 0 saturated heterocycles. The number of hydrogen-bond donors (Lipinski definition) is 2. The molecule has 0 unspecified atom stereocenters. The van der Waals surface area contributed by atoms with Gasteiger partial charge in [0.15, 0.2) is 0 Å². The molecule has 0 aromatic rings. The third-order valence-electron chi connectivity index (χ3n) is 0.970. The highest BCUT2D eigenvalue weighted by Crippen LogP contribution is 2.05. The van der Waals surface area contributed by atoms with Gasteiger partial charge in [-0.05, 0) is 20.8 Å². The van der Waals surface area contributed by atoms with E-state index in [4.69, 9.17) is 4.74 Å². The third kappa shape index (κ3) is 8.58. The second-order valence-corrected chi connectivity index (χ2v) is 3.68. The SMILES string of the molecule is CC(=O)N/C=C/NC(=O)OC(C)(C)C. The lowest BCUT2D eigenvalue weighted by molar-refractivity contribution is -0.118. The van der Waals surface area contributed by atoms with Crippen LogP contribution in [0.3, 0.4) is 0 Å². The smallest absolute Gasteiger partial charge is 0.411 e. The van der Waals surface area contributed by atoms with Gasteiger partial charge in [-0.1, -0.05) is 0 Å². The molecule has 0 bridgehead atoms. The average molecular weight is 200 g/mol. The van der Waals surface area contributed by atoms with Gasteiger partial charge in [-0.15, -0.1) is 0 Å². The maximum atomic E-state index is 11.0. The first kappa shape index (κ1) is 12.5. The molecule has 0 fully saturated rings. The zero-order chi connectivity index (χ0) is 11.2. The Bertz CT molecular complexity index is 241. The van der Waals surface area contributed by atoms with E-state index < -0.39 is 11.7 Å². The monoisotopic (exact) mass is 200 g/mol. The Balaban J connectivity index is 3.75. The van der Waals surface area contributed by atoms with Crippen LogP contribution in [0, 0.1) is 0 Å². The summed E-state index contributed by atoms with van der Waals surface area (Å²) >= 11 is 0. The largest absolute Gasteiger partial charge is 0.444 e. The Labute approximate surface area is 83.5 Å². The molecule has 0 aliphatic carbocycles. The quantitative estimate of drug-likeness (QED) is 0.701. The highest BCUT2D eigenvalue weighted by atomic mass is 16.6. The predicted octanol–water partition coefficient (Wildman–Crippen LogP) is 1.12. The second-order valence-electron chi connectivity index (χ2n) is 3.68. The van der Waals surface area contributed by atoms with Gasteiger partial charge in [0.1, 0.15) is 5.60 Å². The zero-order valence-corrected chi connectivity index (χ0v) is 8.88. The minimum atomic E-state index is -0.556. The van der Waals surface area contributed by atoms with Crippen LogP contribution >= 0.6 is 0 Å². The fourth-order valence-corrected chi connectivity index (χ4v) is 0.576. The number of carbonyl (C=O) groups is 2. The fraction of sp³-hybridized carbons (Fsp3) is 0.556. The molecule has 5 nitrogen and oxygen atoms in total. The molecule has 80 valence electrons. The lowest BCUT2D eigenvalue weighted by Crippen LogP contribution is -2.30. The Kier molecular flexibility index (Phi) is 4.69. The van der Waals surface area contributed by atoms with Crippen molar-refractivity contribution in [2.75, 3.05) is 0 Å². The Morgan fingerprint density at radius 1 is 1.14 bits per heavy atom. The van der Waals surface area contributed by atoms with E-state index in [1.165, 1.54) is 19.3 Å². The van der Waals surface area contributed by atoms with Gasteiger partial charge in [0, 0.05) is 19.3 Å². The van der Waals surface area contributed by atoms with Gasteiger partial charge in [-0.3, -0.25) is 10.1 Å². The Morgan fingerprint density at radius 3 is 2.07 bits per heavy atom. The normalized spacial score (nSPS) is 11.1. The van der Waals surface area contributed by atoms with E-state index >= 15 is 0 Å². The molecule has 5 heteroatoms. The predicted molar refractivity (Wildman–Crippen MR) is 52.3 cm³/mol. The average Bonchev–Trinajstić information content (AvgIpc) is 1.94. The van der Waals surface area contributed by atoms with Crippen molar-refractivity contribution in [2.24, 2.45) is 0 Å². The molecule has 0 atom stereocenters. The van der Waals surface area contributed by atoms with E-state index in [2.05, 4.69) is 10.6 Å². The molecule has 0 aromatic carbocycles. The highest BCUT2D eigenvalue weighted by Gasteiger charge is 2.14. The van der Waals surface area contributed by atoms with Crippen LogP contribution in [0.5, 0.6) is 0 Å². The van der Waals surface area contributed by atoms with E-state index in [1.54, 1.807) is 20.8 Å². The first-order valence-electron chi connectivity index (χ1n) is 4.23. The molecule has 0 radical (unpaired) electrons. The summed E-state index contributed by atoms with van der Waals surface area (Å²) in [6, 6.07) is 0. The molecule has 0 heterocycles. The van der Waals surface area contributed by atoms with Crippen LogP contribution in [0.4, 0.5) is 4.79 Å². The summed E-state index contributed by atoms with van der Waals surface area (Å²) < 4.78 is 4.93. The number of amides is 2. The van der Waals surface area contributed by atoms with E-state index in [1.807, 2.05) is 0 Å². The van der Waals surface area contributed by atoms with Crippen LogP contribution in [0.15, 0.2) is 12.4 Å². The van der Waals surface area contributed by atoms with Gasteiger partial charge < -0.3 is 10.1 Å². The molecule has 0 saturated carbocycles. The van der Waals surface area contributed by atoms with Crippen LogP contribution in [-0.4, -0.2) is 17.6 Å². The van der Waals surface area contributed by atoms with Gasteiger partial charge in [-0.25, -0.2) is 4.79 Å². The van der Waals surface area contributed by atoms with Crippen molar-refractivity contribution in [1.82, 2.24) is 10.6 Å². The summed E-state index contributed by atoms with van der Waals surface area (Å²) in [6.07, 6.45) is 2.07. The summed E-state index contributed by atoms with van der Waals surface area (Å²) in [6.45, 7) is 6.68. The molecular formula is C9H16N2O3. The standard InChI is InChI=1S/C9H16N2O3/c1-7(12)10-5-6-11-8(13)14-9(2,3)4/h5-6H,1-4H3,(H,10,12)(H,11,13)/b6-5+. The molecule has 14 heavy (non-hydrogen) atoms. The lowest BCUT2D eigenvalue weighted by atomic mass is 10.2. The molecule has 2 amide bonds. The lowest BCUT2D eigenvalue weighted by Gasteiger charge is -2.18.